The lowest BCUT2D eigenvalue weighted by Crippen LogP contribution is -2.33. The van der Waals surface area contributed by atoms with Gasteiger partial charge in [-0.15, -0.1) is 0 Å². The first-order valence-electron chi connectivity index (χ1n) is 7.12. The number of hydrogen-bond acceptors (Lipinski definition) is 3. The first-order chi connectivity index (χ1) is 10.5. The molecule has 0 saturated carbocycles. The van der Waals surface area contributed by atoms with E-state index in [1.807, 2.05) is 37.3 Å². The van der Waals surface area contributed by atoms with Gasteiger partial charge in [-0.2, -0.15) is 5.10 Å². The van der Waals surface area contributed by atoms with E-state index in [0.29, 0.717) is 12.1 Å². The number of amides is 1. The van der Waals surface area contributed by atoms with Crippen molar-refractivity contribution in [3.8, 4) is 5.69 Å². The number of hydrogen-bond donors (Lipinski definition) is 2. The van der Waals surface area contributed by atoms with Crippen LogP contribution in [0.3, 0.4) is 0 Å². The van der Waals surface area contributed by atoms with Crippen molar-refractivity contribution >= 4 is 11.9 Å². The molecule has 2 N–H and O–H groups in total. The summed E-state index contributed by atoms with van der Waals surface area (Å²) in [6.45, 7) is 3.66. The molecule has 0 aliphatic carbocycles. The van der Waals surface area contributed by atoms with Gasteiger partial charge < -0.3 is 10.4 Å². The minimum atomic E-state index is -0.870. The topological polar surface area (TPSA) is 84.2 Å². The average Bonchev–Trinajstić information content (AvgIpc) is 2.88. The molecule has 0 spiro atoms. The molecule has 22 heavy (non-hydrogen) atoms. The number of aromatic nitrogens is 2. The number of carboxylic acid groups (broad SMARTS) is 1. The van der Waals surface area contributed by atoms with Crippen molar-refractivity contribution in [3.63, 3.8) is 0 Å². The monoisotopic (exact) mass is 301 g/mol. The maximum atomic E-state index is 12.2. The summed E-state index contributed by atoms with van der Waals surface area (Å²) < 4.78 is 1.71. The molecule has 6 nitrogen and oxygen atoms in total. The molecule has 0 fully saturated rings. The molecule has 0 aliphatic heterocycles. The summed E-state index contributed by atoms with van der Waals surface area (Å²) in [6, 6.07) is 11.1. The molecular weight excluding hydrogens is 282 g/mol. The summed E-state index contributed by atoms with van der Waals surface area (Å²) in [5.41, 5.74) is 2.07. The van der Waals surface area contributed by atoms with Gasteiger partial charge in [0.2, 0.25) is 0 Å². The molecule has 0 aliphatic rings. The number of carbonyl (C=O) groups is 2. The average molecular weight is 301 g/mol. The zero-order valence-electron chi connectivity index (χ0n) is 12.6. The third kappa shape index (κ3) is 3.94. The largest absolute Gasteiger partial charge is 0.481 e. The molecule has 0 unspecified atom stereocenters. The van der Waals surface area contributed by atoms with E-state index in [1.165, 1.54) is 0 Å². The standard InChI is InChI=1S/C16H19N3O3/c1-11(8-9-15(20)21)17-16(22)14-10-12(2)19(18-14)13-6-4-3-5-7-13/h3-7,10-11H,8-9H2,1-2H3,(H,17,22)(H,20,21)/t11-/m1/s1. The van der Waals surface area contributed by atoms with E-state index in [2.05, 4.69) is 10.4 Å². The van der Waals surface area contributed by atoms with Crippen LogP contribution in [-0.4, -0.2) is 32.8 Å². The Morgan fingerprint density at radius 1 is 1.32 bits per heavy atom. The fourth-order valence-corrected chi connectivity index (χ4v) is 2.13. The predicted octanol–water partition coefficient (Wildman–Crippen LogP) is 2.16. The highest BCUT2D eigenvalue weighted by Crippen LogP contribution is 2.12. The Morgan fingerprint density at radius 3 is 2.64 bits per heavy atom. The Balaban J connectivity index is 2.07. The number of rotatable bonds is 6. The van der Waals surface area contributed by atoms with E-state index in [-0.39, 0.29) is 18.4 Å². The summed E-state index contributed by atoms with van der Waals surface area (Å²) >= 11 is 0. The number of carbonyl (C=O) groups excluding carboxylic acids is 1. The Kier molecular flexibility index (Phi) is 4.93. The molecule has 1 aromatic carbocycles. The highest BCUT2D eigenvalue weighted by Gasteiger charge is 2.15. The van der Waals surface area contributed by atoms with Crippen molar-refractivity contribution in [2.45, 2.75) is 32.7 Å². The van der Waals surface area contributed by atoms with Gasteiger partial charge in [-0.25, -0.2) is 4.68 Å². The van der Waals surface area contributed by atoms with Crippen molar-refractivity contribution in [1.82, 2.24) is 15.1 Å². The summed E-state index contributed by atoms with van der Waals surface area (Å²) in [7, 11) is 0. The highest BCUT2D eigenvalue weighted by atomic mass is 16.4. The van der Waals surface area contributed by atoms with Crippen molar-refractivity contribution in [2.24, 2.45) is 0 Å². The van der Waals surface area contributed by atoms with Crippen LogP contribution < -0.4 is 5.32 Å². The van der Waals surface area contributed by atoms with Gasteiger partial charge in [0.05, 0.1) is 5.69 Å². The van der Waals surface area contributed by atoms with Gasteiger partial charge in [0, 0.05) is 18.2 Å². The molecule has 6 heteroatoms. The van der Waals surface area contributed by atoms with Crippen LogP contribution in [0.4, 0.5) is 0 Å². The van der Waals surface area contributed by atoms with E-state index >= 15 is 0 Å². The lowest BCUT2D eigenvalue weighted by molar-refractivity contribution is -0.137. The lowest BCUT2D eigenvalue weighted by Gasteiger charge is -2.11. The molecule has 0 saturated heterocycles. The van der Waals surface area contributed by atoms with Crippen LogP contribution in [0.1, 0.15) is 35.9 Å². The maximum absolute atomic E-state index is 12.2. The second-order valence-corrected chi connectivity index (χ2v) is 5.23. The van der Waals surface area contributed by atoms with Crippen molar-refractivity contribution in [2.75, 3.05) is 0 Å². The predicted molar refractivity (Wildman–Crippen MR) is 82.1 cm³/mol. The summed E-state index contributed by atoms with van der Waals surface area (Å²) in [5, 5.41) is 15.7. The summed E-state index contributed by atoms with van der Waals surface area (Å²) in [6.07, 6.45) is 0.415. The minimum Gasteiger partial charge on any atom is -0.481 e. The second-order valence-electron chi connectivity index (χ2n) is 5.23. The Hall–Kier alpha value is -2.63. The Bertz CT molecular complexity index is 665. The molecule has 1 atom stereocenters. The number of carboxylic acids is 1. The van der Waals surface area contributed by atoms with Crippen molar-refractivity contribution in [1.29, 1.82) is 0 Å². The second kappa shape index (κ2) is 6.89. The number of nitrogens with one attached hydrogen (secondary N) is 1. The maximum Gasteiger partial charge on any atom is 0.303 e. The Labute approximate surface area is 128 Å². The third-order valence-electron chi connectivity index (χ3n) is 3.29. The van der Waals surface area contributed by atoms with Crippen LogP contribution in [0.2, 0.25) is 0 Å². The highest BCUT2D eigenvalue weighted by molar-refractivity contribution is 5.92. The van der Waals surface area contributed by atoms with Gasteiger partial charge in [-0.1, -0.05) is 18.2 Å². The fraction of sp³-hybridized carbons (Fsp3) is 0.312. The zero-order chi connectivity index (χ0) is 16.1. The van der Waals surface area contributed by atoms with Crippen LogP contribution in [0.15, 0.2) is 36.4 Å². The first-order valence-corrected chi connectivity index (χ1v) is 7.12. The molecular formula is C16H19N3O3. The first kappa shape index (κ1) is 15.8. The van der Waals surface area contributed by atoms with Crippen LogP contribution in [0, 0.1) is 6.92 Å². The quantitative estimate of drug-likeness (QED) is 0.856. The van der Waals surface area contributed by atoms with Crippen molar-refractivity contribution in [3.05, 3.63) is 47.8 Å². The summed E-state index contributed by atoms with van der Waals surface area (Å²) in [5.74, 6) is -1.17. The van der Waals surface area contributed by atoms with Gasteiger partial charge in [0.15, 0.2) is 5.69 Å². The third-order valence-corrected chi connectivity index (χ3v) is 3.29. The lowest BCUT2D eigenvalue weighted by atomic mass is 10.2. The van der Waals surface area contributed by atoms with Crippen LogP contribution in [0.5, 0.6) is 0 Å². The number of nitrogens with zero attached hydrogens (tertiary/aromatic N) is 2. The van der Waals surface area contributed by atoms with Gasteiger partial charge in [-0.05, 0) is 38.5 Å². The molecule has 0 radical (unpaired) electrons. The van der Waals surface area contributed by atoms with Gasteiger partial charge in [-0.3, -0.25) is 9.59 Å². The van der Waals surface area contributed by atoms with Gasteiger partial charge in [0.1, 0.15) is 0 Å². The smallest absolute Gasteiger partial charge is 0.303 e. The molecule has 2 aromatic rings. The van der Waals surface area contributed by atoms with Gasteiger partial charge in [0.25, 0.3) is 5.91 Å². The fourth-order valence-electron chi connectivity index (χ4n) is 2.13. The molecule has 1 aromatic heterocycles. The van der Waals surface area contributed by atoms with E-state index in [4.69, 9.17) is 5.11 Å². The number of aryl methyl sites for hydroxylation is 1. The van der Waals surface area contributed by atoms with E-state index in [0.717, 1.165) is 11.4 Å². The minimum absolute atomic E-state index is 0.0267. The van der Waals surface area contributed by atoms with Crippen LogP contribution >= 0.6 is 0 Å². The summed E-state index contributed by atoms with van der Waals surface area (Å²) in [4.78, 5) is 22.7. The Morgan fingerprint density at radius 2 is 2.00 bits per heavy atom. The zero-order valence-corrected chi connectivity index (χ0v) is 12.6. The normalized spacial score (nSPS) is 11.9. The van der Waals surface area contributed by atoms with E-state index < -0.39 is 5.97 Å². The molecule has 0 bridgehead atoms. The molecule has 1 amide bonds. The van der Waals surface area contributed by atoms with Crippen LogP contribution in [0.25, 0.3) is 5.69 Å². The molecule has 1 heterocycles. The van der Waals surface area contributed by atoms with Crippen LogP contribution in [-0.2, 0) is 4.79 Å². The molecule has 2 rings (SSSR count). The number of benzene rings is 1. The van der Waals surface area contributed by atoms with Crippen molar-refractivity contribution < 1.29 is 14.7 Å². The number of para-hydroxylation sites is 1. The number of aliphatic carboxylic acids is 1. The van der Waals surface area contributed by atoms with Gasteiger partial charge >= 0.3 is 5.97 Å². The molecule has 116 valence electrons. The SMILES string of the molecule is Cc1cc(C(=O)N[C@H](C)CCC(=O)O)nn1-c1ccccc1. The van der Waals surface area contributed by atoms with E-state index in [1.54, 1.807) is 17.7 Å². The van der Waals surface area contributed by atoms with E-state index in [9.17, 15) is 9.59 Å².